The molecule has 0 radical (unpaired) electrons. The van der Waals surface area contributed by atoms with Gasteiger partial charge in [-0.05, 0) is 38.5 Å². The number of ether oxygens (including phenoxy) is 6. The standard InChI is InChI=1S/C51H98O6.C45H86O6/c1-4-7-10-13-16-19-22-25-28-31-34-37-40-43-49(52)55-46-48(57-51(54)45-42-39-36-33-30-27-24-21-18-15-12-9-6-3)47-56-50(53)44-41-38-35-32-29-26-23-20-17-14-11-8-5-2;1-4-7-10-13-16-19-22-25-28-31-34-37-43(46)49-40-42(51-45(48)39-36-33-30-27-24-21-18-15-12-9-6-3)41-50-44(47)38-35-32-29-26-23-20-17-14-11-8-5-2/h48H,4-47H2,1-3H3;42H,4-41H2,1-3H3. The number of carbonyl (C=O) groups excluding carboxylic acids is 6. The maximum absolute atomic E-state index is 12.8. The summed E-state index contributed by atoms with van der Waals surface area (Å²) >= 11 is 0. The van der Waals surface area contributed by atoms with Crippen LogP contribution in [-0.2, 0) is 57.2 Å². The smallest absolute Gasteiger partial charge is 0.306 e. The van der Waals surface area contributed by atoms with Crippen molar-refractivity contribution in [2.75, 3.05) is 26.4 Å². The Balaban J connectivity index is 0. The summed E-state index contributed by atoms with van der Waals surface area (Å²) in [4.78, 5) is 75.5. The van der Waals surface area contributed by atoms with Gasteiger partial charge in [0.2, 0.25) is 0 Å². The molecule has 12 heteroatoms. The van der Waals surface area contributed by atoms with E-state index >= 15 is 0 Å². The topological polar surface area (TPSA) is 158 Å². The van der Waals surface area contributed by atoms with E-state index in [1.54, 1.807) is 0 Å². The molecular formula is C96H184O12. The van der Waals surface area contributed by atoms with Crippen LogP contribution in [0.3, 0.4) is 0 Å². The molecule has 0 saturated carbocycles. The van der Waals surface area contributed by atoms with E-state index in [0.717, 1.165) is 116 Å². The molecule has 0 saturated heterocycles. The van der Waals surface area contributed by atoms with E-state index in [4.69, 9.17) is 28.4 Å². The zero-order chi connectivity index (χ0) is 78.8. The summed E-state index contributed by atoms with van der Waals surface area (Å²) in [5.74, 6) is -1.70. The summed E-state index contributed by atoms with van der Waals surface area (Å²) in [6, 6.07) is 0. The fourth-order valence-electron chi connectivity index (χ4n) is 14.4. The van der Waals surface area contributed by atoms with Gasteiger partial charge in [0, 0.05) is 38.5 Å². The van der Waals surface area contributed by atoms with Gasteiger partial charge >= 0.3 is 35.8 Å². The van der Waals surface area contributed by atoms with Crippen molar-refractivity contribution in [2.45, 2.75) is 555 Å². The Labute approximate surface area is 670 Å². The molecule has 0 aliphatic carbocycles. The molecule has 0 aromatic carbocycles. The molecule has 0 spiro atoms. The first-order chi connectivity index (χ1) is 53.1. The van der Waals surface area contributed by atoms with Crippen molar-refractivity contribution in [1.82, 2.24) is 0 Å². The number of carbonyl (C=O) groups is 6. The van der Waals surface area contributed by atoms with Gasteiger partial charge in [-0.2, -0.15) is 0 Å². The first kappa shape index (κ1) is 107. The maximum atomic E-state index is 12.8. The molecule has 0 aromatic heterocycles. The Morgan fingerprint density at radius 2 is 0.250 bits per heavy atom. The summed E-state index contributed by atoms with van der Waals surface area (Å²) in [6.07, 6.45) is 90.1. The minimum Gasteiger partial charge on any atom is -0.462 e. The molecule has 108 heavy (non-hydrogen) atoms. The third-order valence-electron chi connectivity index (χ3n) is 21.7. The molecule has 0 amide bonds. The van der Waals surface area contributed by atoms with Crippen molar-refractivity contribution >= 4 is 35.8 Å². The summed E-state index contributed by atoms with van der Waals surface area (Å²) in [5.41, 5.74) is 0. The van der Waals surface area contributed by atoms with Gasteiger partial charge in [-0.25, -0.2) is 0 Å². The zero-order valence-corrected chi connectivity index (χ0v) is 73.0. The van der Waals surface area contributed by atoms with Crippen molar-refractivity contribution in [3.8, 4) is 0 Å². The van der Waals surface area contributed by atoms with Gasteiger partial charge in [-0.15, -0.1) is 0 Å². The lowest BCUT2D eigenvalue weighted by molar-refractivity contribution is -0.167. The number of unbranched alkanes of at least 4 members (excludes halogenated alkanes) is 66. The molecular weight excluding hydrogens is 1350 g/mol. The summed E-state index contributed by atoms with van der Waals surface area (Å²) in [7, 11) is 0. The molecule has 0 atom stereocenters. The Morgan fingerprint density at radius 1 is 0.148 bits per heavy atom. The van der Waals surface area contributed by atoms with Crippen LogP contribution >= 0.6 is 0 Å². The van der Waals surface area contributed by atoms with Gasteiger partial charge < -0.3 is 28.4 Å². The lowest BCUT2D eigenvalue weighted by Gasteiger charge is -2.18. The van der Waals surface area contributed by atoms with E-state index in [-0.39, 0.29) is 62.2 Å². The Morgan fingerprint density at radius 3 is 0.370 bits per heavy atom. The first-order valence-electron chi connectivity index (χ1n) is 48.1. The van der Waals surface area contributed by atoms with Crippen molar-refractivity contribution in [2.24, 2.45) is 0 Å². The third kappa shape index (κ3) is 90.0. The highest BCUT2D eigenvalue weighted by molar-refractivity contribution is 5.72. The first-order valence-corrected chi connectivity index (χ1v) is 48.1. The molecule has 0 aliphatic rings. The molecule has 0 unspecified atom stereocenters. The molecule has 0 N–H and O–H groups in total. The molecule has 640 valence electrons. The number of esters is 6. The van der Waals surface area contributed by atoms with Crippen LogP contribution in [0.15, 0.2) is 0 Å². The number of hydrogen-bond acceptors (Lipinski definition) is 12. The van der Waals surface area contributed by atoms with Crippen LogP contribution in [-0.4, -0.2) is 74.5 Å². The van der Waals surface area contributed by atoms with Gasteiger partial charge in [0.05, 0.1) is 0 Å². The monoisotopic (exact) mass is 1530 g/mol. The van der Waals surface area contributed by atoms with Gasteiger partial charge in [0.25, 0.3) is 0 Å². The van der Waals surface area contributed by atoms with E-state index < -0.39 is 12.2 Å². The van der Waals surface area contributed by atoms with Gasteiger partial charge in [-0.3, -0.25) is 28.8 Å². The molecule has 12 nitrogen and oxygen atoms in total. The molecule has 0 aromatic rings. The Bertz CT molecular complexity index is 1770. The van der Waals surface area contributed by atoms with E-state index in [2.05, 4.69) is 41.5 Å². The molecule has 0 fully saturated rings. The minimum absolute atomic E-state index is 0.0619. The van der Waals surface area contributed by atoms with Crippen molar-refractivity contribution in [1.29, 1.82) is 0 Å². The third-order valence-corrected chi connectivity index (χ3v) is 21.7. The van der Waals surface area contributed by atoms with Gasteiger partial charge in [0.15, 0.2) is 12.2 Å². The predicted octanol–water partition coefficient (Wildman–Crippen LogP) is 30.5. The van der Waals surface area contributed by atoms with E-state index in [9.17, 15) is 28.8 Å². The van der Waals surface area contributed by atoms with Crippen molar-refractivity contribution in [3.63, 3.8) is 0 Å². The van der Waals surface area contributed by atoms with Crippen molar-refractivity contribution < 1.29 is 57.2 Å². The van der Waals surface area contributed by atoms with Crippen LogP contribution in [0, 0.1) is 0 Å². The summed E-state index contributed by atoms with van der Waals surface area (Å²) in [5, 5.41) is 0. The molecule has 0 bridgehead atoms. The lowest BCUT2D eigenvalue weighted by atomic mass is 10.0. The van der Waals surface area contributed by atoms with Gasteiger partial charge in [0.1, 0.15) is 26.4 Å². The Hall–Kier alpha value is -3.18. The quantitative estimate of drug-likeness (QED) is 0.0323. The van der Waals surface area contributed by atoms with Crippen LogP contribution in [0.2, 0.25) is 0 Å². The minimum atomic E-state index is -0.759. The average molecular weight is 1530 g/mol. The van der Waals surface area contributed by atoms with Crippen molar-refractivity contribution in [3.05, 3.63) is 0 Å². The van der Waals surface area contributed by atoms with Crippen LogP contribution in [0.4, 0.5) is 0 Å². The summed E-state index contributed by atoms with van der Waals surface area (Å²) < 4.78 is 33.5. The van der Waals surface area contributed by atoms with E-state index in [1.165, 1.54) is 347 Å². The van der Waals surface area contributed by atoms with E-state index in [0.29, 0.717) is 38.5 Å². The molecule has 0 rings (SSSR count). The fraction of sp³-hybridized carbons (Fsp3) is 0.938. The average Bonchev–Trinajstić information content (AvgIpc) is 0.954. The van der Waals surface area contributed by atoms with Crippen LogP contribution in [0.25, 0.3) is 0 Å². The normalized spacial score (nSPS) is 11.3. The largest absolute Gasteiger partial charge is 0.462 e. The second kappa shape index (κ2) is 92.7. The maximum Gasteiger partial charge on any atom is 0.306 e. The Kier molecular flexibility index (Phi) is 91.7. The molecule has 0 heterocycles. The van der Waals surface area contributed by atoms with Crippen LogP contribution in [0.5, 0.6) is 0 Å². The van der Waals surface area contributed by atoms with E-state index in [1.807, 2.05) is 0 Å². The highest BCUT2D eigenvalue weighted by atomic mass is 16.6. The lowest BCUT2D eigenvalue weighted by Crippen LogP contribution is -2.30. The second-order valence-electron chi connectivity index (χ2n) is 32.8. The van der Waals surface area contributed by atoms with Gasteiger partial charge in [-0.1, -0.05) is 465 Å². The highest BCUT2D eigenvalue weighted by Gasteiger charge is 2.22. The van der Waals surface area contributed by atoms with Crippen LogP contribution in [0.1, 0.15) is 542 Å². The SMILES string of the molecule is CCCCCCCCCCCCCC(=O)OCC(COC(=O)CCCCCCCCCCCCC)OC(=O)CCCCCCCCCCCCC.CCCCCCCCCCCCCCCC(=O)OCC(COC(=O)CCCCCCCCCCCCCCC)OC(=O)CCCCCCCCCCCCCCC. The predicted molar refractivity (Wildman–Crippen MR) is 458 cm³/mol. The fourth-order valence-corrected chi connectivity index (χ4v) is 14.4. The number of hydrogen-bond donors (Lipinski definition) is 0. The summed E-state index contributed by atoms with van der Waals surface area (Å²) in [6.45, 7) is 13.3. The highest BCUT2D eigenvalue weighted by Crippen LogP contribution is 2.21. The second-order valence-corrected chi connectivity index (χ2v) is 32.8. The molecule has 0 aliphatic heterocycles. The zero-order valence-electron chi connectivity index (χ0n) is 73.0. The van der Waals surface area contributed by atoms with Crippen LogP contribution < -0.4 is 0 Å². The number of rotatable bonds is 88.